The Kier molecular flexibility index (Phi) is 6.45. The van der Waals surface area contributed by atoms with E-state index in [4.69, 9.17) is 14.7 Å². The summed E-state index contributed by atoms with van der Waals surface area (Å²) in [6.07, 6.45) is -0.820. The van der Waals surface area contributed by atoms with Gasteiger partial charge in [0, 0.05) is 0 Å². The summed E-state index contributed by atoms with van der Waals surface area (Å²) in [5.74, 6) is 1.15. The highest BCUT2D eigenvalue weighted by atomic mass is 16.5. The van der Waals surface area contributed by atoms with E-state index in [1.807, 2.05) is 66.7 Å². The molecular formula is C23H21NO3. The minimum Gasteiger partial charge on any atom is -0.485 e. The standard InChI is InChI=1S/C23H21NO3/c24-14-13-21(25)20-11-12-22(26-16-18-7-3-1-4-8-18)23(15-20)27-17-19-9-5-2-6-10-19/h1-12,15,21,25H,13,16-17H2/i24-1. The summed E-state index contributed by atoms with van der Waals surface area (Å²) < 4.78 is 11.9. The first-order valence-corrected chi connectivity index (χ1v) is 8.78. The van der Waals surface area contributed by atoms with Crippen LogP contribution in [0.25, 0.3) is 0 Å². The fraction of sp³-hybridized carbons (Fsp3) is 0.174. The third-order valence-corrected chi connectivity index (χ3v) is 4.11. The first-order valence-electron chi connectivity index (χ1n) is 8.78. The molecule has 136 valence electrons. The van der Waals surface area contributed by atoms with Crippen molar-refractivity contribution >= 4 is 0 Å². The molecule has 0 aliphatic heterocycles. The van der Waals surface area contributed by atoms with E-state index in [1.54, 1.807) is 18.2 Å². The normalized spacial score (nSPS) is 11.4. The molecule has 0 aliphatic carbocycles. The second kappa shape index (κ2) is 9.42. The smallest absolute Gasteiger partial charge is 0.162 e. The van der Waals surface area contributed by atoms with Gasteiger partial charge in [-0.05, 0) is 28.8 Å². The summed E-state index contributed by atoms with van der Waals surface area (Å²) in [7, 11) is 0. The molecule has 0 fully saturated rings. The van der Waals surface area contributed by atoms with Crippen LogP contribution in [0.3, 0.4) is 0 Å². The van der Waals surface area contributed by atoms with Gasteiger partial charge in [0.15, 0.2) is 11.5 Å². The zero-order valence-electron chi connectivity index (χ0n) is 14.9. The molecule has 4 nitrogen and oxygen atoms in total. The highest BCUT2D eigenvalue weighted by molar-refractivity contribution is 5.44. The van der Waals surface area contributed by atoms with Crippen molar-refractivity contribution < 1.29 is 14.6 Å². The number of rotatable bonds is 8. The van der Waals surface area contributed by atoms with Gasteiger partial charge in [-0.1, -0.05) is 66.7 Å². The number of nitriles is 1. The zero-order valence-corrected chi connectivity index (χ0v) is 14.9. The predicted octanol–water partition coefficient (Wildman–Crippen LogP) is 4.79. The molecule has 1 atom stereocenters. The lowest BCUT2D eigenvalue weighted by atomic mass is 10.1. The Hall–Kier alpha value is -3.29. The molecule has 0 bridgehead atoms. The number of ether oxygens (including phenoxy) is 2. The molecule has 3 rings (SSSR count). The summed E-state index contributed by atoms with van der Waals surface area (Å²) in [6, 6.07) is 27.0. The molecule has 1 N–H and O–H groups in total. The molecule has 3 aromatic rings. The van der Waals surface area contributed by atoms with Gasteiger partial charge < -0.3 is 14.6 Å². The van der Waals surface area contributed by atoms with Crippen LogP contribution in [0.5, 0.6) is 11.5 Å². The van der Waals surface area contributed by atoms with Crippen LogP contribution in [0.4, 0.5) is 0 Å². The minimum absolute atomic E-state index is 0.0301. The van der Waals surface area contributed by atoms with Crippen molar-refractivity contribution in [2.24, 2.45) is 0 Å². The maximum atomic E-state index is 10.1. The van der Waals surface area contributed by atoms with E-state index < -0.39 is 6.10 Å². The average molecular weight is 358 g/mol. The van der Waals surface area contributed by atoms with E-state index in [2.05, 4.69) is 0 Å². The van der Waals surface area contributed by atoms with Crippen LogP contribution >= 0.6 is 0 Å². The maximum Gasteiger partial charge on any atom is 0.162 e. The topological polar surface area (TPSA) is 62.5 Å². The summed E-state index contributed by atoms with van der Waals surface area (Å²) >= 11 is 0. The van der Waals surface area contributed by atoms with E-state index in [0.29, 0.717) is 30.3 Å². The third kappa shape index (κ3) is 5.34. The molecular weight excluding hydrogens is 337 g/mol. The number of benzene rings is 3. The number of nitrogens with zero attached hydrogens (tertiary/aromatic N) is 1. The largest absolute Gasteiger partial charge is 0.485 e. The van der Waals surface area contributed by atoms with Gasteiger partial charge in [-0.3, -0.25) is 0 Å². The van der Waals surface area contributed by atoms with Crippen molar-refractivity contribution in [2.75, 3.05) is 0 Å². The molecule has 0 amide bonds. The van der Waals surface area contributed by atoms with Gasteiger partial charge in [-0.15, -0.1) is 0 Å². The molecule has 3 aromatic carbocycles. The summed E-state index contributed by atoms with van der Waals surface area (Å²) in [4.78, 5) is 0. The highest BCUT2D eigenvalue weighted by Gasteiger charge is 2.13. The highest BCUT2D eigenvalue weighted by Crippen LogP contribution is 2.32. The van der Waals surface area contributed by atoms with E-state index in [0.717, 1.165) is 11.1 Å². The van der Waals surface area contributed by atoms with Crippen molar-refractivity contribution in [3.8, 4) is 17.6 Å². The van der Waals surface area contributed by atoms with Crippen LogP contribution in [0, 0.1) is 11.3 Å². The molecule has 0 saturated carbocycles. The fourth-order valence-electron chi connectivity index (χ4n) is 2.64. The number of hydrogen-bond donors (Lipinski definition) is 1. The van der Waals surface area contributed by atoms with Crippen molar-refractivity contribution in [3.63, 3.8) is 0 Å². The second-order valence-corrected chi connectivity index (χ2v) is 6.13. The van der Waals surface area contributed by atoms with Crippen molar-refractivity contribution in [1.82, 2.24) is 0 Å². The van der Waals surface area contributed by atoms with Crippen LogP contribution in [0.2, 0.25) is 0 Å². The number of aliphatic hydroxyl groups excluding tert-OH is 1. The predicted molar refractivity (Wildman–Crippen MR) is 103 cm³/mol. The van der Waals surface area contributed by atoms with Gasteiger partial charge in [-0.25, -0.2) is 0 Å². The van der Waals surface area contributed by atoms with Crippen LogP contribution in [-0.2, 0) is 13.2 Å². The number of hydrogen-bond acceptors (Lipinski definition) is 4. The molecule has 0 spiro atoms. The molecule has 4 heteroatoms. The van der Waals surface area contributed by atoms with Crippen molar-refractivity contribution in [2.45, 2.75) is 25.7 Å². The zero-order chi connectivity index (χ0) is 18.9. The fourth-order valence-corrected chi connectivity index (χ4v) is 2.64. The molecule has 0 radical (unpaired) electrons. The molecule has 27 heavy (non-hydrogen) atoms. The van der Waals surface area contributed by atoms with Crippen LogP contribution < -0.4 is 9.47 Å². The van der Waals surface area contributed by atoms with Gasteiger partial charge in [0.1, 0.15) is 13.2 Å². The summed E-state index contributed by atoms with van der Waals surface area (Å²) in [5, 5.41) is 18.9. The van der Waals surface area contributed by atoms with Crippen LogP contribution in [0.15, 0.2) is 78.9 Å². The lowest BCUT2D eigenvalue weighted by molar-refractivity contribution is 0.182. The van der Waals surface area contributed by atoms with Gasteiger partial charge in [0.05, 0.1) is 18.6 Å². The molecule has 1 unspecified atom stereocenters. The molecule has 0 aliphatic rings. The summed E-state index contributed by atoms with van der Waals surface area (Å²) in [5.41, 5.74) is 2.72. The SMILES string of the molecule is [13N]#CCC(O)c1ccc(OCc2ccccc2)c(OCc2ccccc2)c1. The maximum absolute atomic E-state index is 10.1. The van der Waals surface area contributed by atoms with Crippen molar-refractivity contribution in [3.05, 3.63) is 95.6 Å². The van der Waals surface area contributed by atoms with E-state index in [9.17, 15) is 5.11 Å². The third-order valence-electron chi connectivity index (χ3n) is 4.11. The minimum atomic E-state index is -0.850. The van der Waals surface area contributed by atoms with E-state index in [1.165, 1.54) is 0 Å². The second-order valence-electron chi connectivity index (χ2n) is 6.13. The quantitative estimate of drug-likeness (QED) is 0.629. The van der Waals surface area contributed by atoms with E-state index >= 15 is 0 Å². The monoisotopic (exact) mass is 358 g/mol. The molecule has 0 heterocycles. The Morgan fingerprint density at radius 3 is 1.89 bits per heavy atom. The van der Waals surface area contributed by atoms with Gasteiger partial charge in [-0.2, -0.15) is 5.26 Å². The average Bonchev–Trinajstić information content (AvgIpc) is 2.72. The van der Waals surface area contributed by atoms with Gasteiger partial charge >= 0.3 is 0 Å². The molecule has 0 saturated heterocycles. The van der Waals surface area contributed by atoms with Crippen LogP contribution in [0.1, 0.15) is 29.2 Å². The van der Waals surface area contributed by atoms with Crippen LogP contribution in [-0.4, -0.2) is 5.11 Å². The first-order chi connectivity index (χ1) is 13.3. The Labute approximate surface area is 159 Å². The lowest BCUT2D eigenvalue weighted by Gasteiger charge is -2.16. The Morgan fingerprint density at radius 1 is 0.778 bits per heavy atom. The van der Waals surface area contributed by atoms with Gasteiger partial charge in [0.2, 0.25) is 0 Å². The van der Waals surface area contributed by atoms with Gasteiger partial charge in [0.25, 0.3) is 0 Å². The van der Waals surface area contributed by atoms with Crippen molar-refractivity contribution in [1.29, 1.82) is 5.26 Å². The Bertz CT molecular complexity index is 889. The van der Waals surface area contributed by atoms with E-state index in [-0.39, 0.29) is 6.42 Å². The lowest BCUT2D eigenvalue weighted by Crippen LogP contribution is -2.03. The Balaban J connectivity index is 1.78. The molecule has 0 aromatic heterocycles. The first kappa shape index (κ1) is 18.5. The summed E-state index contributed by atoms with van der Waals surface area (Å²) in [6.45, 7) is 0.809. The number of aliphatic hydroxyl groups is 1. The Morgan fingerprint density at radius 2 is 1.33 bits per heavy atom.